The van der Waals surface area contributed by atoms with Crippen LogP contribution in [0.2, 0.25) is 5.02 Å². The molecule has 2 aromatic carbocycles. The van der Waals surface area contributed by atoms with Crippen molar-refractivity contribution in [1.29, 1.82) is 0 Å². The lowest BCUT2D eigenvalue weighted by atomic mass is 10.1. The highest BCUT2D eigenvalue weighted by Crippen LogP contribution is 2.39. The number of nitrogens with zero attached hydrogens (tertiary/aromatic N) is 2. The number of nitrogens with one attached hydrogen (secondary N) is 1. The highest BCUT2D eigenvalue weighted by atomic mass is 35.5. The summed E-state index contributed by atoms with van der Waals surface area (Å²) in [6.07, 6.45) is -4.78. The summed E-state index contributed by atoms with van der Waals surface area (Å²) in [7, 11) is 0. The lowest BCUT2D eigenvalue weighted by Crippen LogP contribution is -2.36. The summed E-state index contributed by atoms with van der Waals surface area (Å²) in [5, 5.41) is 3.00. The number of morpholine rings is 1. The van der Waals surface area contributed by atoms with E-state index >= 15 is 0 Å². The summed E-state index contributed by atoms with van der Waals surface area (Å²) in [6, 6.07) is 13.5. The molecule has 1 atom stereocenters. The Balaban J connectivity index is 1.58. The Labute approximate surface area is 198 Å². The molecule has 174 valence electrons. The van der Waals surface area contributed by atoms with Crippen LogP contribution in [0.15, 0.2) is 48.5 Å². The van der Waals surface area contributed by atoms with E-state index in [1.54, 1.807) is 31.2 Å². The van der Waals surface area contributed by atoms with Crippen LogP contribution in [0.1, 0.15) is 33.9 Å². The molecule has 3 aromatic rings. The second-order valence-electron chi connectivity index (χ2n) is 7.56. The Kier molecular flexibility index (Phi) is 6.92. The summed E-state index contributed by atoms with van der Waals surface area (Å²) in [5.74, 6) is -0.831. The summed E-state index contributed by atoms with van der Waals surface area (Å²) in [6.45, 7) is 4.51. The molecule has 0 bridgehead atoms. The maximum absolute atomic E-state index is 13.7. The first kappa shape index (κ1) is 23.5. The number of hydrogen-bond donors (Lipinski definition) is 1. The monoisotopic (exact) mass is 495 g/mol. The number of hydrogen-bond acceptors (Lipinski definition) is 5. The van der Waals surface area contributed by atoms with Crippen molar-refractivity contribution in [2.75, 3.05) is 31.2 Å². The van der Waals surface area contributed by atoms with Crippen molar-refractivity contribution in [3.8, 4) is 10.6 Å². The number of benzene rings is 2. The molecule has 0 radical (unpaired) electrons. The number of amides is 1. The number of ether oxygens (including phenoxy) is 1. The minimum Gasteiger partial charge on any atom is -0.378 e. The zero-order chi connectivity index (χ0) is 23.6. The number of rotatable bonds is 5. The zero-order valence-corrected chi connectivity index (χ0v) is 19.2. The minimum atomic E-state index is -4.78. The summed E-state index contributed by atoms with van der Waals surface area (Å²) >= 11 is 6.81. The van der Waals surface area contributed by atoms with Crippen molar-refractivity contribution in [2.45, 2.75) is 19.1 Å². The van der Waals surface area contributed by atoms with Gasteiger partial charge in [0.15, 0.2) is 5.69 Å². The van der Waals surface area contributed by atoms with Crippen LogP contribution in [0.5, 0.6) is 0 Å². The predicted molar refractivity (Wildman–Crippen MR) is 123 cm³/mol. The molecule has 33 heavy (non-hydrogen) atoms. The van der Waals surface area contributed by atoms with E-state index in [0.717, 1.165) is 24.3 Å². The molecule has 1 aliphatic rings. The molecule has 1 N–H and O–H groups in total. The van der Waals surface area contributed by atoms with Crippen molar-refractivity contribution < 1.29 is 22.7 Å². The number of anilines is 1. The third-order valence-corrected chi connectivity index (χ3v) is 6.72. The molecule has 4 rings (SSSR count). The fourth-order valence-electron chi connectivity index (χ4n) is 3.57. The summed E-state index contributed by atoms with van der Waals surface area (Å²) in [4.78, 5) is 18.3. The van der Waals surface area contributed by atoms with Crippen molar-refractivity contribution in [1.82, 2.24) is 10.3 Å². The molecule has 2 heterocycles. The molecule has 1 amide bonds. The minimum absolute atomic E-state index is 0.0417. The van der Waals surface area contributed by atoms with E-state index < -0.39 is 28.7 Å². The van der Waals surface area contributed by atoms with E-state index in [1.165, 1.54) is 0 Å². The van der Waals surface area contributed by atoms with Crippen molar-refractivity contribution in [3.05, 3.63) is 69.7 Å². The zero-order valence-electron chi connectivity index (χ0n) is 17.7. The van der Waals surface area contributed by atoms with Crippen LogP contribution >= 0.6 is 22.9 Å². The van der Waals surface area contributed by atoms with Crippen molar-refractivity contribution in [2.24, 2.45) is 0 Å². The Morgan fingerprint density at radius 2 is 1.91 bits per heavy atom. The first-order chi connectivity index (χ1) is 15.7. The van der Waals surface area contributed by atoms with Gasteiger partial charge in [-0.05, 0) is 30.7 Å². The Bertz CT molecular complexity index is 1150. The van der Waals surface area contributed by atoms with Crippen LogP contribution in [-0.2, 0) is 10.9 Å². The molecule has 1 fully saturated rings. The molecule has 10 heteroatoms. The van der Waals surface area contributed by atoms with Gasteiger partial charge in [-0.2, -0.15) is 13.2 Å². The fourth-order valence-corrected chi connectivity index (χ4v) is 4.88. The van der Waals surface area contributed by atoms with Gasteiger partial charge < -0.3 is 15.0 Å². The van der Waals surface area contributed by atoms with Gasteiger partial charge in [0.2, 0.25) is 0 Å². The summed E-state index contributed by atoms with van der Waals surface area (Å²) in [5.41, 5.74) is 0.901. The second kappa shape index (κ2) is 9.70. The van der Waals surface area contributed by atoms with Crippen LogP contribution in [-0.4, -0.2) is 37.2 Å². The molecule has 0 saturated carbocycles. The van der Waals surface area contributed by atoms with E-state index in [1.807, 2.05) is 24.3 Å². The van der Waals surface area contributed by atoms with E-state index in [-0.39, 0.29) is 10.0 Å². The molecule has 5 nitrogen and oxygen atoms in total. The van der Waals surface area contributed by atoms with E-state index in [0.29, 0.717) is 30.1 Å². The molecular weight excluding hydrogens is 475 g/mol. The topological polar surface area (TPSA) is 54.5 Å². The summed E-state index contributed by atoms with van der Waals surface area (Å²) < 4.78 is 46.4. The number of carbonyl (C=O) groups excluding carboxylic acids is 1. The molecule has 0 unspecified atom stereocenters. The van der Waals surface area contributed by atoms with Gasteiger partial charge in [-0.15, -0.1) is 11.3 Å². The largest absolute Gasteiger partial charge is 0.435 e. The van der Waals surface area contributed by atoms with Gasteiger partial charge in [-0.25, -0.2) is 4.98 Å². The van der Waals surface area contributed by atoms with E-state index in [9.17, 15) is 18.0 Å². The third-order valence-electron chi connectivity index (χ3n) is 5.30. The normalized spacial score (nSPS) is 15.4. The fraction of sp³-hybridized carbons (Fsp3) is 0.304. The lowest BCUT2D eigenvalue weighted by Gasteiger charge is -2.29. The first-order valence-corrected chi connectivity index (χ1v) is 11.5. The first-order valence-electron chi connectivity index (χ1n) is 10.3. The Morgan fingerprint density at radius 3 is 2.61 bits per heavy atom. The molecule has 1 aromatic heterocycles. The molecule has 1 saturated heterocycles. The molecule has 1 aliphatic heterocycles. The number of carbonyl (C=O) groups is 1. The SMILES string of the molecule is C[C@H](NC(=O)c1sc(-c2ccccc2Cl)nc1C(F)(F)F)c1cccc(N2CCOCC2)c1. The van der Waals surface area contributed by atoms with Gasteiger partial charge in [-0.3, -0.25) is 4.79 Å². The number of halogens is 4. The van der Waals surface area contributed by atoms with Crippen molar-refractivity contribution >= 4 is 34.5 Å². The van der Waals surface area contributed by atoms with Gasteiger partial charge in [-0.1, -0.05) is 41.9 Å². The Hall–Kier alpha value is -2.62. The number of alkyl halides is 3. The molecular formula is C23H21ClF3N3O2S. The van der Waals surface area contributed by atoms with Gasteiger partial charge in [0, 0.05) is 24.3 Å². The van der Waals surface area contributed by atoms with Gasteiger partial charge in [0.05, 0.1) is 24.3 Å². The molecule has 0 aliphatic carbocycles. The lowest BCUT2D eigenvalue weighted by molar-refractivity contribution is -0.141. The third kappa shape index (κ3) is 5.31. The highest BCUT2D eigenvalue weighted by molar-refractivity contribution is 7.17. The number of thiazole rings is 1. The predicted octanol–water partition coefficient (Wildman–Crippen LogP) is 5.81. The van der Waals surface area contributed by atoms with E-state index in [4.69, 9.17) is 16.3 Å². The maximum atomic E-state index is 13.7. The Morgan fingerprint density at radius 1 is 1.18 bits per heavy atom. The van der Waals surface area contributed by atoms with Crippen LogP contribution in [0, 0.1) is 0 Å². The average Bonchev–Trinajstić information content (AvgIpc) is 3.26. The number of aromatic nitrogens is 1. The van der Waals surface area contributed by atoms with Gasteiger partial charge in [0.1, 0.15) is 9.88 Å². The molecule has 0 spiro atoms. The van der Waals surface area contributed by atoms with Crippen LogP contribution in [0.4, 0.5) is 18.9 Å². The van der Waals surface area contributed by atoms with Crippen LogP contribution in [0.25, 0.3) is 10.6 Å². The van der Waals surface area contributed by atoms with Crippen LogP contribution in [0.3, 0.4) is 0 Å². The quantitative estimate of drug-likeness (QED) is 0.485. The van der Waals surface area contributed by atoms with Crippen molar-refractivity contribution in [3.63, 3.8) is 0 Å². The van der Waals surface area contributed by atoms with E-state index in [2.05, 4.69) is 15.2 Å². The second-order valence-corrected chi connectivity index (χ2v) is 8.97. The highest BCUT2D eigenvalue weighted by Gasteiger charge is 2.40. The maximum Gasteiger partial charge on any atom is 0.435 e. The average molecular weight is 496 g/mol. The standard InChI is InChI=1S/C23H21ClF3N3O2S/c1-14(15-5-4-6-16(13-15)30-9-11-32-12-10-30)28-21(31)19-20(23(25,26)27)29-22(33-19)17-7-2-3-8-18(17)24/h2-8,13-14H,9-12H2,1H3,(H,28,31)/t14-/m0/s1. The van der Waals surface area contributed by atoms with Gasteiger partial charge >= 0.3 is 6.18 Å². The smallest absolute Gasteiger partial charge is 0.378 e. The van der Waals surface area contributed by atoms with Crippen LogP contribution < -0.4 is 10.2 Å². The van der Waals surface area contributed by atoms with Gasteiger partial charge in [0.25, 0.3) is 5.91 Å².